The molecule has 1 saturated heterocycles. The molecule has 1 aliphatic heterocycles. The number of nitrogens with zero attached hydrogens (tertiary/aromatic N) is 6. The zero-order chi connectivity index (χ0) is 24.4. The third kappa shape index (κ3) is 4.66. The van der Waals surface area contributed by atoms with Gasteiger partial charge in [0, 0.05) is 38.3 Å². The van der Waals surface area contributed by atoms with Crippen LogP contribution in [0.3, 0.4) is 0 Å². The lowest BCUT2D eigenvalue weighted by atomic mass is 9.89. The van der Waals surface area contributed by atoms with E-state index >= 15 is 0 Å². The van der Waals surface area contributed by atoms with Crippen molar-refractivity contribution in [3.63, 3.8) is 0 Å². The van der Waals surface area contributed by atoms with Crippen LogP contribution in [0.1, 0.15) is 63.7 Å². The van der Waals surface area contributed by atoms with E-state index in [2.05, 4.69) is 27.4 Å². The van der Waals surface area contributed by atoms with E-state index in [4.69, 9.17) is 4.42 Å². The molecule has 0 radical (unpaired) electrons. The maximum atomic E-state index is 13.3. The molecule has 1 aromatic carbocycles. The van der Waals surface area contributed by atoms with Crippen LogP contribution < -0.4 is 0 Å². The van der Waals surface area contributed by atoms with E-state index in [1.807, 2.05) is 48.4 Å². The van der Waals surface area contributed by atoms with Gasteiger partial charge in [0.25, 0.3) is 11.8 Å². The predicted octanol–water partition coefficient (Wildman–Crippen LogP) is 3.71. The summed E-state index contributed by atoms with van der Waals surface area (Å²) in [5, 5.41) is 12.2. The number of piperidine rings is 1. The second-order valence-electron chi connectivity index (χ2n) is 8.81. The average molecular weight is 473 g/mol. The van der Waals surface area contributed by atoms with E-state index in [-0.39, 0.29) is 18.4 Å². The van der Waals surface area contributed by atoms with E-state index in [0.29, 0.717) is 42.9 Å². The first-order valence-electron chi connectivity index (χ1n) is 11.9. The molecule has 4 aromatic rings. The van der Waals surface area contributed by atoms with Crippen LogP contribution in [0.15, 0.2) is 59.3 Å². The van der Waals surface area contributed by atoms with Gasteiger partial charge in [0.15, 0.2) is 0 Å². The molecule has 180 valence electrons. The molecule has 1 fully saturated rings. The summed E-state index contributed by atoms with van der Waals surface area (Å²) >= 11 is 0. The molecule has 2 amide bonds. The largest absolute Gasteiger partial charge is 0.424 e. The molecule has 0 unspecified atom stereocenters. The van der Waals surface area contributed by atoms with Gasteiger partial charge in [-0.1, -0.05) is 18.2 Å². The van der Waals surface area contributed by atoms with Gasteiger partial charge in [0.1, 0.15) is 0 Å². The van der Waals surface area contributed by atoms with Crippen molar-refractivity contribution in [3.8, 4) is 0 Å². The van der Waals surface area contributed by atoms with Crippen LogP contribution in [0.5, 0.6) is 0 Å². The molecule has 0 spiro atoms. The minimum Gasteiger partial charge on any atom is -0.424 e. The van der Waals surface area contributed by atoms with Crippen molar-refractivity contribution in [1.82, 2.24) is 29.6 Å². The molecular weight excluding hydrogens is 444 g/mol. The molecule has 0 bridgehead atoms. The van der Waals surface area contributed by atoms with Crippen LogP contribution in [0.4, 0.5) is 0 Å². The highest BCUT2D eigenvalue weighted by atomic mass is 16.4. The Morgan fingerprint density at radius 1 is 1.11 bits per heavy atom. The van der Waals surface area contributed by atoms with Gasteiger partial charge in [-0.05, 0) is 55.5 Å². The van der Waals surface area contributed by atoms with Crippen LogP contribution in [-0.2, 0) is 6.54 Å². The number of hydrogen-bond donors (Lipinski definition) is 0. The number of likely N-dealkylation sites (tertiary alicyclic amines) is 1. The number of carbonyl (C=O) groups excluding carboxylic acids is 2. The van der Waals surface area contributed by atoms with Crippen LogP contribution in [0.2, 0.25) is 0 Å². The second-order valence-corrected chi connectivity index (χ2v) is 8.81. The molecule has 0 saturated carbocycles. The fourth-order valence-corrected chi connectivity index (χ4v) is 4.66. The van der Waals surface area contributed by atoms with Gasteiger partial charge in [-0.25, -0.2) is 4.52 Å². The Balaban J connectivity index is 1.31. The first-order chi connectivity index (χ1) is 17.0. The van der Waals surface area contributed by atoms with Gasteiger partial charge >= 0.3 is 0 Å². The highest BCUT2D eigenvalue weighted by molar-refractivity contribution is 6.00. The Morgan fingerprint density at radius 3 is 2.57 bits per heavy atom. The summed E-state index contributed by atoms with van der Waals surface area (Å²) in [4.78, 5) is 29.7. The monoisotopic (exact) mass is 472 g/mol. The van der Waals surface area contributed by atoms with Crippen LogP contribution in [-0.4, -0.2) is 61.1 Å². The summed E-state index contributed by atoms with van der Waals surface area (Å²) in [5.41, 5.74) is 3.21. The predicted molar refractivity (Wildman–Crippen MR) is 129 cm³/mol. The molecule has 9 heteroatoms. The fourth-order valence-electron chi connectivity index (χ4n) is 4.66. The van der Waals surface area contributed by atoms with Gasteiger partial charge in [-0.2, -0.15) is 5.10 Å². The molecule has 5 rings (SSSR count). The second kappa shape index (κ2) is 9.69. The molecule has 0 N–H and O–H groups in total. The average Bonchev–Trinajstić information content (AvgIpc) is 3.52. The summed E-state index contributed by atoms with van der Waals surface area (Å²) in [7, 11) is 0. The topological polar surface area (TPSA) is 96.8 Å². The number of rotatable bonds is 6. The Labute approximate surface area is 203 Å². The smallest absolute Gasteiger partial charge is 0.258 e. The first-order valence-corrected chi connectivity index (χ1v) is 11.9. The third-order valence-corrected chi connectivity index (χ3v) is 6.61. The van der Waals surface area contributed by atoms with Gasteiger partial charge in [0.05, 0.1) is 23.8 Å². The van der Waals surface area contributed by atoms with Crippen molar-refractivity contribution in [2.24, 2.45) is 0 Å². The molecule has 4 heterocycles. The van der Waals surface area contributed by atoms with Crippen molar-refractivity contribution in [3.05, 3.63) is 83.3 Å². The molecule has 0 aliphatic carbocycles. The van der Waals surface area contributed by atoms with Crippen LogP contribution in [0.25, 0.3) is 5.52 Å². The van der Waals surface area contributed by atoms with Crippen molar-refractivity contribution in [2.45, 2.75) is 39.2 Å². The molecular formula is C26H28N6O3. The van der Waals surface area contributed by atoms with Gasteiger partial charge in [-0.15, -0.1) is 10.2 Å². The lowest BCUT2D eigenvalue weighted by molar-refractivity contribution is 0.0711. The number of aromatic nitrogens is 4. The van der Waals surface area contributed by atoms with E-state index in [0.717, 1.165) is 29.5 Å². The Morgan fingerprint density at radius 2 is 1.89 bits per heavy atom. The summed E-state index contributed by atoms with van der Waals surface area (Å²) in [5.74, 6) is 1.16. The highest BCUT2D eigenvalue weighted by Crippen LogP contribution is 2.30. The van der Waals surface area contributed by atoms with E-state index in [1.165, 1.54) is 0 Å². The zero-order valence-electron chi connectivity index (χ0n) is 19.9. The molecule has 3 aromatic heterocycles. The van der Waals surface area contributed by atoms with Gasteiger partial charge < -0.3 is 14.2 Å². The molecule has 1 aliphatic rings. The van der Waals surface area contributed by atoms with Crippen molar-refractivity contribution in [1.29, 1.82) is 0 Å². The van der Waals surface area contributed by atoms with Gasteiger partial charge in [0.2, 0.25) is 11.8 Å². The zero-order valence-corrected chi connectivity index (χ0v) is 19.9. The number of aryl methyl sites for hydroxylation is 1. The summed E-state index contributed by atoms with van der Waals surface area (Å²) < 4.78 is 7.19. The summed E-state index contributed by atoms with van der Waals surface area (Å²) in [6.07, 6.45) is 5.28. The number of amides is 2. The summed E-state index contributed by atoms with van der Waals surface area (Å²) in [6, 6.07) is 13.5. The standard InChI is InChI=1S/C26H28N6O3/c1-3-30(17-24-29-28-18(2)35-24)26(34)22-16-27-32-14-11-21(15-23(22)32)19-9-12-31(13-10-19)25(33)20-7-5-4-6-8-20/h4-8,11,14-16,19H,3,9-10,12-13,17H2,1-2H3. The lowest BCUT2D eigenvalue weighted by Gasteiger charge is -2.32. The third-order valence-electron chi connectivity index (χ3n) is 6.61. The van der Waals surface area contributed by atoms with E-state index in [9.17, 15) is 9.59 Å². The quantitative estimate of drug-likeness (QED) is 0.424. The number of benzene rings is 1. The molecule has 0 atom stereocenters. The Hall–Kier alpha value is -4.01. The number of pyridine rings is 1. The lowest BCUT2D eigenvalue weighted by Crippen LogP contribution is -2.37. The highest BCUT2D eigenvalue weighted by Gasteiger charge is 2.26. The van der Waals surface area contributed by atoms with Crippen LogP contribution >= 0.6 is 0 Å². The number of fused-ring (bicyclic) bond motifs is 1. The van der Waals surface area contributed by atoms with E-state index in [1.54, 1.807) is 22.5 Å². The summed E-state index contributed by atoms with van der Waals surface area (Å²) in [6.45, 7) is 5.82. The number of hydrogen-bond acceptors (Lipinski definition) is 6. The molecule has 35 heavy (non-hydrogen) atoms. The minimum absolute atomic E-state index is 0.0827. The maximum Gasteiger partial charge on any atom is 0.258 e. The Kier molecular flexibility index (Phi) is 6.31. The van der Waals surface area contributed by atoms with Crippen LogP contribution in [0, 0.1) is 6.92 Å². The van der Waals surface area contributed by atoms with Gasteiger partial charge in [-0.3, -0.25) is 9.59 Å². The first kappa shape index (κ1) is 22.8. The van der Waals surface area contributed by atoms with E-state index < -0.39 is 0 Å². The Bertz CT molecular complexity index is 1340. The fraction of sp³-hybridized carbons (Fsp3) is 0.346. The van der Waals surface area contributed by atoms with Crippen molar-refractivity contribution < 1.29 is 14.0 Å². The minimum atomic E-state index is -0.126. The number of carbonyl (C=O) groups is 2. The normalized spacial score (nSPS) is 14.4. The SMILES string of the molecule is CCN(Cc1nnc(C)o1)C(=O)c1cnn2ccc(C3CCN(C(=O)c4ccccc4)CC3)cc12. The molecule has 9 nitrogen and oxygen atoms in total. The van der Waals surface area contributed by atoms with Crippen molar-refractivity contribution >= 4 is 17.3 Å². The maximum absolute atomic E-state index is 13.3. The van der Waals surface area contributed by atoms with Crippen molar-refractivity contribution in [2.75, 3.05) is 19.6 Å².